The molecule has 54 heavy (non-hydrogen) atoms. The monoisotopic (exact) mass is 737 g/mol. The molecule has 3 aliphatic rings. The number of aromatic nitrogens is 2. The first-order chi connectivity index (χ1) is 26.0. The highest BCUT2D eigenvalue weighted by Crippen LogP contribution is 2.30. The van der Waals surface area contributed by atoms with E-state index in [0.29, 0.717) is 23.1 Å². The minimum absolute atomic E-state index is 0.0290. The number of nitrogens with zero attached hydrogens (tertiary/aromatic N) is 7. The number of carbonyl (C=O) groups is 3. The number of urea groups is 1. The Hall–Kier alpha value is -6.05. The second kappa shape index (κ2) is 15.1. The van der Waals surface area contributed by atoms with Gasteiger partial charge in [0.25, 0.3) is 11.9 Å². The van der Waals surface area contributed by atoms with E-state index < -0.39 is 48.3 Å². The maximum atomic E-state index is 14.7. The summed E-state index contributed by atoms with van der Waals surface area (Å²) in [5, 5.41) is 16.7. The van der Waals surface area contributed by atoms with Crippen LogP contribution in [0, 0.1) is 23.1 Å². The van der Waals surface area contributed by atoms with Crippen molar-refractivity contribution in [1.82, 2.24) is 18.9 Å². The number of halogens is 1. The fraction of sp³-hybridized carbons (Fsp3) is 0.368. The molecule has 3 heterocycles. The Bertz CT molecular complexity index is 2330. The van der Waals surface area contributed by atoms with Gasteiger partial charge in [-0.25, -0.2) is 28.5 Å². The van der Waals surface area contributed by atoms with Crippen LogP contribution in [0.2, 0.25) is 0 Å². The number of benzene rings is 3. The van der Waals surface area contributed by atoms with Crippen LogP contribution in [0.5, 0.6) is 0 Å². The first-order valence-electron chi connectivity index (χ1n) is 17.7. The predicted molar refractivity (Wildman–Crippen MR) is 191 cm³/mol. The number of ether oxygens (including phenoxy) is 2. The maximum absolute atomic E-state index is 14.7. The van der Waals surface area contributed by atoms with Gasteiger partial charge in [0.2, 0.25) is 5.69 Å². The molecule has 2 unspecified atom stereocenters. The van der Waals surface area contributed by atoms with Crippen LogP contribution in [0.15, 0.2) is 81.4 Å². The molecule has 15 nitrogen and oxygen atoms in total. The lowest BCUT2D eigenvalue weighted by atomic mass is 10.1. The summed E-state index contributed by atoms with van der Waals surface area (Å²) < 4.78 is 29.7. The van der Waals surface area contributed by atoms with Crippen LogP contribution in [0.25, 0.3) is 10.9 Å². The van der Waals surface area contributed by atoms with Crippen molar-refractivity contribution in [2.75, 3.05) is 31.6 Å². The molecule has 4 aromatic rings. The number of hydrogen-bond donors (Lipinski definition) is 1. The molecule has 1 aromatic heterocycles. The van der Waals surface area contributed by atoms with Crippen LogP contribution < -0.4 is 16.6 Å². The third kappa shape index (κ3) is 7.41. The van der Waals surface area contributed by atoms with Crippen molar-refractivity contribution in [3.8, 4) is 6.07 Å². The first-order valence-corrected chi connectivity index (χ1v) is 17.7. The second-order valence-electron chi connectivity index (χ2n) is 13.8. The number of amides is 3. The minimum atomic E-state index is -1.18. The molecule has 1 N–H and O–H groups in total. The molecule has 2 atom stereocenters. The average Bonchev–Trinajstić information content (AvgIpc) is 4.00. The van der Waals surface area contributed by atoms with Crippen LogP contribution in [-0.4, -0.2) is 80.2 Å². The molecule has 1 saturated heterocycles. The fourth-order valence-corrected chi connectivity index (χ4v) is 6.68. The lowest BCUT2D eigenvalue weighted by molar-refractivity contribution is -0.468. The molecule has 0 spiro atoms. The number of rotatable bonds is 10. The highest BCUT2D eigenvalue weighted by Gasteiger charge is 2.50. The van der Waals surface area contributed by atoms with Gasteiger partial charge < -0.3 is 19.7 Å². The summed E-state index contributed by atoms with van der Waals surface area (Å²) in [6.45, 7) is 3.74. The minimum Gasteiger partial charge on any atom is -0.459 e. The van der Waals surface area contributed by atoms with Crippen molar-refractivity contribution >= 4 is 40.2 Å². The van der Waals surface area contributed by atoms with E-state index in [9.17, 15) is 33.6 Å². The number of carbonyl (C=O) groups excluding carboxylic acids is 3. The molecule has 0 radical (unpaired) electrons. The quantitative estimate of drug-likeness (QED) is 0.186. The number of nitrogens with one attached hydrogen (secondary N) is 1. The summed E-state index contributed by atoms with van der Waals surface area (Å²) in [6.07, 6.45) is 0.740. The Kier molecular flexibility index (Phi) is 10.2. The number of esters is 1. The third-order valence-electron chi connectivity index (χ3n) is 9.69. The van der Waals surface area contributed by atoms with Crippen molar-refractivity contribution in [2.45, 2.75) is 58.3 Å². The van der Waals surface area contributed by atoms with Crippen LogP contribution in [0.4, 0.5) is 20.6 Å². The van der Waals surface area contributed by atoms with Gasteiger partial charge in [0.05, 0.1) is 29.1 Å². The molecule has 3 amide bonds. The number of nitriles is 1. The Morgan fingerprint density at radius 2 is 1.83 bits per heavy atom. The molecule has 7 rings (SSSR count). The summed E-state index contributed by atoms with van der Waals surface area (Å²) in [5.74, 6) is -1.82. The number of fused-ring (bicyclic) bond motifs is 2. The summed E-state index contributed by atoms with van der Waals surface area (Å²) in [4.78, 5) is 70.2. The Balaban J connectivity index is 1.11. The van der Waals surface area contributed by atoms with Crippen LogP contribution in [0.1, 0.15) is 43.9 Å². The molecule has 1 saturated carbocycles. The Labute approximate surface area is 308 Å². The largest absolute Gasteiger partial charge is 0.459 e. The Morgan fingerprint density at radius 3 is 2.54 bits per heavy atom. The van der Waals surface area contributed by atoms with E-state index in [-0.39, 0.29) is 55.1 Å². The summed E-state index contributed by atoms with van der Waals surface area (Å²) in [7, 11) is 0. The van der Waals surface area contributed by atoms with E-state index in [1.165, 1.54) is 21.6 Å². The Morgan fingerprint density at radius 1 is 1.06 bits per heavy atom. The predicted octanol–water partition coefficient (Wildman–Crippen LogP) is 4.06. The molecule has 278 valence electrons. The smallest absolute Gasteiger partial charge is 0.436 e. The van der Waals surface area contributed by atoms with E-state index >= 15 is 0 Å². The zero-order valence-corrected chi connectivity index (χ0v) is 29.7. The summed E-state index contributed by atoms with van der Waals surface area (Å²) in [5.41, 5.74) is 0.598. The van der Waals surface area contributed by atoms with Crippen LogP contribution >= 0.6 is 0 Å². The standard InChI is InChI=1S/C38H37FN8O7/c1-23(2)46-31-13-11-27(16-29(31)34(49)45(38(46)52)19-24-8-9-24)41-36(51)43-14-15-44-32(20-43)35(50)47(28-12-10-26(18-40)30(39)17-28)42-37(44)54-22-33(48)53-21-25-6-4-3-5-7-25/h3-7,10-13,16-17,23-24,32,37H,8-9,14-15,19-22H2,1-2H3/p+1. The molecule has 0 bridgehead atoms. The van der Waals surface area contributed by atoms with E-state index in [0.717, 1.165) is 29.2 Å². The SMILES string of the molecule is CC(C)n1c(=O)n(CC2CC2)c(=O)c2cc(NC(=O)N3CCN4C(OCC(=O)OCc5ccccc5)N=[N+](c5ccc(C#N)c(F)c5)C(=O)C4C3)ccc21. The summed E-state index contributed by atoms with van der Waals surface area (Å²) in [6, 6.07) is 17.5. The summed E-state index contributed by atoms with van der Waals surface area (Å²) >= 11 is 0. The highest BCUT2D eigenvalue weighted by atomic mass is 19.1. The second-order valence-corrected chi connectivity index (χ2v) is 13.8. The topological polar surface area (TPSA) is 171 Å². The van der Waals surface area contributed by atoms with Gasteiger partial charge in [-0.15, -0.1) is 0 Å². The van der Waals surface area contributed by atoms with Gasteiger partial charge in [-0.05, 0) is 67.1 Å². The fourth-order valence-electron chi connectivity index (χ4n) is 6.68. The molecular weight excluding hydrogens is 699 g/mol. The van der Waals surface area contributed by atoms with Gasteiger partial charge in [-0.2, -0.15) is 5.26 Å². The van der Waals surface area contributed by atoms with E-state index in [1.807, 2.05) is 44.2 Å². The van der Waals surface area contributed by atoms with Gasteiger partial charge >= 0.3 is 23.6 Å². The normalized spacial score (nSPS) is 18.6. The average molecular weight is 738 g/mol. The van der Waals surface area contributed by atoms with Crippen LogP contribution in [-0.2, 0) is 32.2 Å². The zero-order valence-electron chi connectivity index (χ0n) is 29.7. The van der Waals surface area contributed by atoms with Gasteiger partial charge in [0, 0.05) is 42.5 Å². The van der Waals surface area contributed by atoms with Crippen molar-refractivity contribution in [3.05, 3.63) is 105 Å². The lowest BCUT2D eigenvalue weighted by Crippen LogP contribution is -2.64. The van der Waals surface area contributed by atoms with E-state index in [1.54, 1.807) is 33.7 Å². The molecular formula is C38H38FN8O7+. The van der Waals surface area contributed by atoms with Crippen molar-refractivity contribution < 1.29 is 32.9 Å². The van der Waals surface area contributed by atoms with Gasteiger partial charge in [0.15, 0.2) is 6.04 Å². The van der Waals surface area contributed by atoms with Crippen molar-refractivity contribution in [3.63, 3.8) is 0 Å². The number of anilines is 1. The zero-order chi connectivity index (χ0) is 38.1. The lowest BCUT2D eigenvalue weighted by Gasteiger charge is -2.41. The molecule has 16 heteroatoms. The van der Waals surface area contributed by atoms with E-state index in [2.05, 4.69) is 10.4 Å². The molecule has 1 aliphatic carbocycles. The van der Waals surface area contributed by atoms with Gasteiger partial charge in [0.1, 0.15) is 25.1 Å². The van der Waals surface area contributed by atoms with E-state index in [4.69, 9.17) is 9.47 Å². The highest BCUT2D eigenvalue weighted by molar-refractivity contribution is 5.93. The maximum Gasteiger partial charge on any atom is 0.436 e. The number of hydrogen-bond acceptors (Lipinski definition) is 10. The van der Waals surface area contributed by atoms with Gasteiger partial charge in [-0.1, -0.05) is 30.3 Å². The van der Waals surface area contributed by atoms with Gasteiger partial charge in [-0.3, -0.25) is 13.9 Å². The molecule has 2 fully saturated rings. The molecule has 3 aromatic carbocycles. The number of azo groups is 2. The van der Waals surface area contributed by atoms with Crippen LogP contribution in [0.3, 0.4) is 0 Å². The van der Waals surface area contributed by atoms with Crippen molar-refractivity contribution in [2.24, 2.45) is 11.0 Å². The van der Waals surface area contributed by atoms with Crippen molar-refractivity contribution in [1.29, 1.82) is 5.26 Å². The molecule has 2 aliphatic heterocycles. The third-order valence-corrected chi connectivity index (χ3v) is 9.69. The number of piperazine rings is 1. The first kappa shape index (κ1) is 36.3.